The molecule has 1 saturated heterocycles. The smallest absolute Gasteiger partial charge is 0.270 e. The first-order valence-corrected chi connectivity index (χ1v) is 11.5. The molecule has 0 atom stereocenters. The van der Waals surface area contributed by atoms with Crippen LogP contribution < -0.4 is 14.4 Å². The molecule has 0 N–H and O–H groups in total. The van der Waals surface area contributed by atoms with Gasteiger partial charge in [-0.15, -0.1) is 0 Å². The molecule has 4 nitrogen and oxygen atoms in total. The first-order valence-electron chi connectivity index (χ1n) is 9.54. The van der Waals surface area contributed by atoms with Crippen LogP contribution in [0.5, 0.6) is 11.5 Å². The van der Waals surface area contributed by atoms with Gasteiger partial charge in [0.15, 0.2) is 4.32 Å². The summed E-state index contributed by atoms with van der Waals surface area (Å²) in [5.41, 5.74) is 2.24. The molecule has 3 aromatic carbocycles. The van der Waals surface area contributed by atoms with E-state index in [9.17, 15) is 4.79 Å². The van der Waals surface area contributed by atoms with Gasteiger partial charge in [-0.25, -0.2) is 0 Å². The number of thioether (sulfide) groups is 1. The summed E-state index contributed by atoms with van der Waals surface area (Å²) in [5, 5.41) is 1.05. The summed E-state index contributed by atoms with van der Waals surface area (Å²) in [6.07, 6.45) is 1.78. The number of anilines is 1. The maximum Gasteiger partial charge on any atom is 0.270 e. The zero-order chi connectivity index (χ0) is 22.7. The molecule has 0 radical (unpaired) electrons. The monoisotopic (exact) mass is 501 g/mol. The molecule has 0 unspecified atom stereocenters. The van der Waals surface area contributed by atoms with Crippen molar-refractivity contribution in [3.05, 3.63) is 92.8 Å². The van der Waals surface area contributed by atoms with Crippen molar-refractivity contribution in [2.24, 2.45) is 0 Å². The number of halogens is 2. The van der Waals surface area contributed by atoms with Crippen LogP contribution in [0.4, 0.5) is 5.69 Å². The van der Waals surface area contributed by atoms with Crippen molar-refractivity contribution >= 4 is 69.2 Å². The second kappa shape index (κ2) is 9.96. The summed E-state index contributed by atoms with van der Waals surface area (Å²) in [6.45, 7) is 0.315. The lowest BCUT2D eigenvalue weighted by Gasteiger charge is -2.15. The van der Waals surface area contributed by atoms with Gasteiger partial charge < -0.3 is 9.47 Å². The zero-order valence-corrected chi connectivity index (χ0v) is 20.0. The van der Waals surface area contributed by atoms with Crippen molar-refractivity contribution in [3.63, 3.8) is 0 Å². The second-order valence-electron chi connectivity index (χ2n) is 6.75. The standard InChI is InChI=1S/C24H17Cl2NO3S2/c1-29-21-11-10-17(13-19(21)26)27-23(28)22(32-24(27)31)12-15-6-3-5-9-20(15)30-14-16-7-2-4-8-18(16)25/h2-13H,14H2,1H3/b22-12+. The van der Waals surface area contributed by atoms with Gasteiger partial charge in [0.1, 0.15) is 18.1 Å². The van der Waals surface area contributed by atoms with E-state index < -0.39 is 0 Å². The van der Waals surface area contributed by atoms with Gasteiger partial charge in [-0.1, -0.05) is 83.6 Å². The van der Waals surface area contributed by atoms with Crippen LogP contribution in [-0.2, 0) is 11.4 Å². The van der Waals surface area contributed by atoms with Crippen LogP contribution in [0.25, 0.3) is 6.08 Å². The van der Waals surface area contributed by atoms with E-state index in [1.165, 1.54) is 23.8 Å². The zero-order valence-electron chi connectivity index (χ0n) is 16.9. The molecule has 4 rings (SSSR count). The van der Waals surface area contributed by atoms with Gasteiger partial charge in [-0.2, -0.15) is 0 Å². The largest absolute Gasteiger partial charge is 0.495 e. The summed E-state index contributed by atoms with van der Waals surface area (Å²) >= 11 is 19.2. The Bertz CT molecular complexity index is 1230. The molecule has 3 aromatic rings. The van der Waals surface area contributed by atoms with Gasteiger partial charge in [0.25, 0.3) is 5.91 Å². The Kier molecular flexibility index (Phi) is 7.06. The van der Waals surface area contributed by atoms with Crippen molar-refractivity contribution in [1.29, 1.82) is 0 Å². The molecule has 0 aliphatic carbocycles. The number of benzene rings is 3. The third-order valence-corrected chi connectivity index (χ3v) is 6.70. The summed E-state index contributed by atoms with van der Waals surface area (Å²) in [5.74, 6) is 0.952. The Labute approximate surface area is 205 Å². The first kappa shape index (κ1) is 22.7. The fourth-order valence-electron chi connectivity index (χ4n) is 3.13. The number of amides is 1. The summed E-state index contributed by atoms with van der Waals surface area (Å²) in [6, 6.07) is 20.1. The summed E-state index contributed by atoms with van der Waals surface area (Å²) in [7, 11) is 1.54. The molecule has 162 valence electrons. The molecule has 0 bridgehead atoms. The number of nitrogens with zero attached hydrogens (tertiary/aromatic N) is 1. The Hall–Kier alpha value is -2.51. The van der Waals surface area contributed by atoms with Crippen molar-refractivity contribution in [2.75, 3.05) is 12.0 Å². The van der Waals surface area contributed by atoms with E-state index >= 15 is 0 Å². The van der Waals surface area contributed by atoms with Gasteiger partial charge in [0.05, 0.1) is 22.7 Å². The minimum atomic E-state index is -0.220. The maximum absolute atomic E-state index is 13.1. The number of para-hydroxylation sites is 1. The van der Waals surface area contributed by atoms with Crippen LogP contribution in [0.3, 0.4) is 0 Å². The van der Waals surface area contributed by atoms with Gasteiger partial charge in [-0.3, -0.25) is 9.69 Å². The Morgan fingerprint density at radius 2 is 1.75 bits per heavy atom. The predicted molar refractivity (Wildman–Crippen MR) is 136 cm³/mol. The topological polar surface area (TPSA) is 38.8 Å². The van der Waals surface area contributed by atoms with E-state index in [1.807, 2.05) is 48.5 Å². The molecule has 1 fully saturated rings. The number of ether oxygens (including phenoxy) is 2. The highest BCUT2D eigenvalue weighted by molar-refractivity contribution is 8.27. The first-order chi connectivity index (χ1) is 15.5. The number of carbonyl (C=O) groups excluding carboxylic acids is 1. The Balaban J connectivity index is 1.58. The summed E-state index contributed by atoms with van der Waals surface area (Å²) in [4.78, 5) is 15.1. The molecule has 1 aliphatic heterocycles. The molecule has 1 amide bonds. The molecule has 0 spiro atoms. The molecule has 1 heterocycles. The van der Waals surface area contributed by atoms with E-state index in [2.05, 4.69) is 0 Å². The fourth-order valence-corrected chi connectivity index (χ4v) is 4.86. The fraction of sp³-hybridized carbons (Fsp3) is 0.0833. The Morgan fingerprint density at radius 3 is 2.50 bits per heavy atom. The highest BCUT2D eigenvalue weighted by Gasteiger charge is 2.33. The van der Waals surface area contributed by atoms with Crippen LogP contribution in [0, 0.1) is 0 Å². The van der Waals surface area contributed by atoms with Crippen molar-refractivity contribution < 1.29 is 14.3 Å². The number of rotatable bonds is 6. The van der Waals surface area contributed by atoms with Crippen LogP contribution in [0.15, 0.2) is 71.6 Å². The van der Waals surface area contributed by atoms with Crippen LogP contribution >= 0.6 is 47.2 Å². The van der Waals surface area contributed by atoms with E-state index in [0.717, 1.165) is 11.1 Å². The number of methoxy groups -OCH3 is 1. The number of carbonyl (C=O) groups is 1. The van der Waals surface area contributed by atoms with Crippen LogP contribution in [0.2, 0.25) is 10.0 Å². The quantitative estimate of drug-likeness (QED) is 0.269. The second-order valence-corrected chi connectivity index (χ2v) is 9.24. The van der Waals surface area contributed by atoms with Gasteiger partial charge >= 0.3 is 0 Å². The molecule has 1 aliphatic rings. The average Bonchev–Trinajstić information content (AvgIpc) is 3.06. The summed E-state index contributed by atoms with van der Waals surface area (Å²) < 4.78 is 11.6. The maximum atomic E-state index is 13.1. The minimum absolute atomic E-state index is 0.220. The molecule has 32 heavy (non-hydrogen) atoms. The third-order valence-electron chi connectivity index (χ3n) is 4.73. The number of hydrogen-bond acceptors (Lipinski definition) is 5. The predicted octanol–water partition coefficient (Wildman–Crippen LogP) is 6.99. The van der Waals surface area contributed by atoms with E-state index in [1.54, 1.807) is 24.3 Å². The lowest BCUT2D eigenvalue weighted by molar-refractivity contribution is -0.113. The van der Waals surface area contributed by atoms with E-state index in [0.29, 0.717) is 43.1 Å². The highest BCUT2D eigenvalue weighted by atomic mass is 35.5. The van der Waals surface area contributed by atoms with Crippen LogP contribution in [0.1, 0.15) is 11.1 Å². The van der Waals surface area contributed by atoms with Gasteiger partial charge in [-0.05, 0) is 36.4 Å². The van der Waals surface area contributed by atoms with E-state index in [4.69, 9.17) is 44.9 Å². The van der Waals surface area contributed by atoms with Gasteiger partial charge in [0.2, 0.25) is 0 Å². The van der Waals surface area contributed by atoms with Crippen LogP contribution in [-0.4, -0.2) is 17.3 Å². The van der Waals surface area contributed by atoms with Crippen molar-refractivity contribution in [3.8, 4) is 11.5 Å². The number of hydrogen-bond donors (Lipinski definition) is 0. The third kappa shape index (κ3) is 4.79. The number of thiocarbonyl (C=S) groups is 1. The Morgan fingerprint density at radius 1 is 1.00 bits per heavy atom. The average molecular weight is 502 g/mol. The lowest BCUT2D eigenvalue weighted by Crippen LogP contribution is -2.27. The molecule has 0 saturated carbocycles. The van der Waals surface area contributed by atoms with Crippen molar-refractivity contribution in [1.82, 2.24) is 0 Å². The highest BCUT2D eigenvalue weighted by Crippen LogP contribution is 2.39. The minimum Gasteiger partial charge on any atom is -0.495 e. The SMILES string of the molecule is COc1ccc(N2C(=O)/C(=C\c3ccccc3OCc3ccccc3Cl)SC2=S)cc1Cl. The lowest BCUT2D eigenvalue weighted by atomic mass is 10.1. The van der Waals surface area contributed by atoms with Crippen molar-refractivity contribution in [2.45, 2.75) is 6.61 Å². The molecular formula is C24H17Cl2NO3S2. The molecule has 8 heteroatoms. The van der Waals surface area contributed by atoms with Gasteiger partial charge in [0, 0.05) is 16.1 Å². The normalized spacial score (nSPS) is 14.8. The molecule has 0 aromatic heterocycles. The van der Waals surface area contributed by atoms with E-state index in [-0.39, 0.29) is 5.91 Å². The molecular weight excluding hydrogens is 485 g/mol.